The lowest BCUT2D eigenvalue weighted by molar-refractivity contribution is -0.129. The number of carbonyl (C=O) groups excluding carboxylic acids is 2. The summed E-state index contributed by atoms with van der Waals surface area (Å²) in [7, 11) is 0. The van der Waals surface area contributed by atoms with Crippen LogP contribution in [0.4, 0.5) is 4.39 Å². The first-order chi connectivity index (χ1) is 14.4. The Morgan fingerprint density at radius 2 is 1.83 bits per heavy atom. The van der Waals surface area contributed by atoms with Gasteiger partial charge in [-0.25, -0.2) is 9.18 Å². The minimum Gasteiger partial charge on any atom is -0.449 e. The van der Waals surface area contributed by atoms with Gasteiger partial charge >= 0.3 is 5.97 Å². The van der Waals surface area contributed by atoms with Crippen LogP contribution in [0.2, 0.25) is 0 Å². The first-order valence-electron chi connectivity index (χ1n) is 10.0. The molecule has 30 heavy (non-hydrogen) atoms. The van der Waals surface area contributed by atoms with Gasteiger partial charge in [0.25, 0.3) is 5.91 Å². The largest absolute Gasteiger partial charge is 0.449 e. The molecule has 3 rings (SSSR count). The van der Waals surface area contributed by atoms with Crippen molar-refractivity contribution in [3.63, 3.8) is 0 Å². The quantitative estimate of drug-likeness (QED) is 0.597. The normalized spacial score (nSPS) is 11.9. The molecule has 0 aliphatic rings. The fourth-order valence-corrected chi connectivity index (χ4v) is 3.36. The summed E-state index contributed by atoms with van der Waals surface area (Å²) in [5.41, 5.74) is 3.68. The number of aromatic nitrogens is 1. The highest BCUT2D eigenvalue weighted by molar-refractivity contribution is 6.05. The van der Waals surface area contributed by atoms with E-state index in [2.05, 4.69) is 10.3 Å². The molecule has 1 heterocycles. The number of esters is 1. The summed E-state index contributed by atoms with van der Waals surface area (Å²) in [5, 5.41) is 3.46. The van der Waals surface area contributed by atoms with Crippen LogP contribution in [0, 0.1) is 12.7 Å². The fraction of sp³-hybridized carbons (Fsp3) is 0.292. The molecule has 1 N–H and O–H groups in total. The lowest BCUT2D eigenvalue weighted by Crippen LogP contribution is -2.37. The number of amides is 1. The maximum Gasteiger partial charge on any atom is 0.339 e. The highest BCUT2D eigenvalue weighted by Crippen LogP contribution is 2.24. The first kappa shape index (κ1) is 21.4. The number of nitrogens with one attached hydrogen (secondary N) is 1. The van der Waals surface area contributed by atoms with Crippen molar-refractivity contribution in [3.8, 4) is 0 Å². The number of aryl methyl sites for hydroxylation is 1. The molecule has 0 saturated heterocycles. The van der Waals surface area contributed by atoms with Crippen LogP contribution in [0.15, 0.2) is 48.5 Å². The first-order valence-corrected chi connectivity index (χ1v) is 10.0. The number of rotatable bonds is 7. The number of hydrogen-bond donors (Lipinski definition) is 1. The van der Waals surface area contributed by atoms with Crippen LogP contribution < -0.4 is 5.32 Å². The third-order valence-corrected chi connectivity index (χ3v) is 5.05. The van der Waals surface area contributed by atoms with Gasteiger partial charge in [-0.05, 0) is 56.0 Å². The van der Waals surface area contributed by atoms with Gasteiger partial charge in [0.1, 0.15) is 5.82 Å². The van der Waals surface area contributed by atoms with Crippen molar-refractivity contribution in [2.75, 3.05) is 6.54 Å². The van der Waals surface area contributed by atoms with E-state index in [1.807, 2.05) is 38.1 Å². The summed E-state index contributed by atoms with van der Waals surface area (Å²) in [6.07, 6.45) is 0.305. The van der Waals surface area contributed by atoms with E-state index >= 15 is 0 Å². The van der Waals surface area contributed by atoms with Crippen LogP contribution in [-0.2, 0) is 22.4 Å². The van der Waals surface area contributed by atoms with Crippen molar-refractivity contribution in [2.24, 2.45) is 0 Å². The Morgan fingerprint density at radius 1 is 1.13 bits per heavy atom. The standard InChI is InChI=1S/C24H25FN2O3/c1-4-20-15(2)22(19-7-5-6-8-21(19)27-20)24(29)30-16(3)23(28)26-14-13-17-9-11-18(25)12-10-17/h5-12,16H,4,13-14H2,1-3H3,(H,26,28)/t16-/m0/s1. The predicted molar refractivity (Wildman–Crippen MR) is 114 cm³/mol. The molecule has 0 fully saturated rings. The van der Waals surface area contributed by atoms with E-state index in [1.165, 1.54) is 12.1 Å². The second-order valence-corrected chi connectivity index (χ2v) is 7.14. The minimum absolute atomic E-state index is 0.298. The Kier molecular flexibility index (Phi) is 6.77. The van der Waals surface area contributed by atoms with Crippen LogP contribution in [0.25, 0.3) is 10.9 Å². The molecule has 0 unspecified atom stereocenters. The van der Waals surface area contributed by atoms with Gasteiger partial charge in [0.05, 0.1) is 11.1 Å². The van der Waals surface area contributed by atoms with E-state index in [4.69, 9.17) is 4.74 Å². The summed E-state index contributed by atoms with van der Waals surface area (Å²) in [5.74, 6) is -1.22. The van der Waals surface area contributed by atoms with Gasteiger partial charge in [-0.3, -0.25) is 9.78 Å². The molecule has 1 amide bonds. The molecule has 6 heteroatoms. The van der Waals surface area contributed by atoms with E-state index in [-0.39, 0.29) is 11.7 Å². The monoisotopic (exact) mass is 408 g/mol. The summed E-state index contributed by atoms with van der Waals surface area (Å²) >= 11 is 0. The second-order valence-electron chi connectivity index (χ2n) is 7.14. The molecule has 2 aromatic carbocycles. The van der Waals surface area contributed by atoms with Crippen LogP contribution in [0.5, 0.6) is 0 Å². The number of ether oxygens (including phenoxy) is 1. The zero-order valence-electron chi connectivity index (χ0n) is 17.4. The van der Waals surface area contributed by atoms with Crippen molar-refractivity contribution in [1.29, 1.82) is 0 Å². The SMILES string of the molecule is CCc1nc2ccccc2c(C(=O)O[C@@H](C)C(=O)NCCc2ccc(F)cc2)c1C. The van der Waals surface area contributed by atoms with Crippen LogP contribution in [0.3, 0.4) is 0 Å². The molecule has 0 radical (unpaired) electrons. The van der Waals surface area contributed by atoms with Crippen molar-refractivity contribution in [1.82, 2.24) is 10.3 Å². The van der Waals surface area contributed by atoms with Gasteiger partial charge < -0.3 is 10.1 Å². The lowest BCUT2D eigenvalue weighted by atomic mass is 10.0. The maximum absolute atomic E-state index is 13.0. The van der Waals surface area contributed by atoms with Gasteiger partial charge in [-0.2, -0.15) is 0 Å². The van der Waals surface area contributed by atoms with Crippen molar-refractivity contribution >= 4 is 22.8 Å². The Morgan fingerprint density at radius 3 is 2.53 bits per heavy atom. The number of hydrogen-bond acceptors (Lipinski definition) is 4. The number of fused-ring (bicyclic) bond motifs is 1. The molecule has 0 bridgehead atoms. The Labute approximate surface area is 175 Å². The highest BCUT2D eigenvalue weighted by Gasteiger charge is 2.23. The topological polar surface area (TPSA) is 68.3 Å². The van der Waals surface area contributed by atoms with Crippen LogP contribution in [-0.4, -0.2) is 29.5 Å². The molecule has 0 spiro atoms. The Hall–Kier alpha value is -3.28. The van der Waals surface area contributed by atoms with Gasteiger partial charge in [-0.1, -0.05) is 37.3 Å². The summed E-state index contributed by atoms with van der Waals surface area (Å²) in [6, 6.07) is 13.5. The zero-order valence-corrected chi connectivity index (χ0v) is 17.4. The third-order valence-electron chi connectivity index (χ3n) is 5.05. The average Bonchev–Trinajstić information content (AvgIpc) is 2.74. The number of para-hydroxylation sites is 1. The molecule has 5 nitrogen and oxygen atoms in total. The van der Waals surface area contributed by atoms with Crippen molar-refractivity contribution in [2.45, 2.75) is 39.7 Å². The number of halogens is 1. The zero-order chi connectivity index (χ0) is 21.7. The molecular formula is C24H25FN2O3. The molecule has 156 valence electrons. The van der Waals surface area contributed by atoms with Crippen molar-refractivity contribution in [3.05, 3.63) is 76.7 Å². The molecular weight excluding hydrogens is 383 g/mol. The number of carbonyl (C=O) groups is 2. The minimum atomic E-state index is -0.942. The molecule has 0 aliphatic carbocycles. The fourth-order valence-electron chi connectivity index (χ4n) is 3.36. The summed E-state index contributed by atoms with van der Waals surface area (Å²) in [6.45, 7) is 5.74. The van der Waals surface area contributed by atoms with E-state index in [1.54, 1.807) is 19.1 Å². The van der Waals surface area contributed by atoms with Crippen LogP contribution in [0.1, 0.15) is 41.0 Å². The van der Waals surface area contributed by atoms with Gasteiger partial charge in [0, 0.05) is 17.6 Å². The predicted octanol–water partition coefficient (Wildman–Crippen LogP) is 4.15. The second kappa shape index (κ2) is 9.48. The highest BCUT2D eigenvalue weighted by atomic mass is 19.1. The molecule has 0 aliphatic heterocycles. The molecule has 3 aromatic rings. The molecule has 1 atom stereocenters. The lowest BCUT2D eigenvalue weighted by Gasteiger charge is -2.17. The van der Waals surface area contributed by atoms with E-state index in [0.29, 0.717) is 30.3 Å². The number of pyridine rings is 1. The summed E-state index contributed by atoms with van der Waals surface area (Å²) in [4.78, 5) is 29.9. The van der Waals surface area contributed by atoms with Crippen LogP contribution >= 0.6 is 0 Å². The molecule has 0 saturated carbocycles. The Bertz CT molecular complexity index is 1060. The van der Waals surface area contributed by atoms with Gasteiger partial charge in [0.2, 0.25) is 0 Å². The molecule has 1 aromatic heterocycles. The smallest absolute Gasteiger partial charge is 0.339 e. The van der Waals surface area contributed by atoms with E-state index in [9.17, 15) is 14.0 Å². The number of nitrogens with zero attached hydrogens (tertiary/aromatic N) is 1. The Balaban J connectivity index is 1.67. The van der Waals surface area contributed by atoms with Crippen molar-refractivity contribution < 1.29 is 18.7 Å². The maximum atomic E-state index is 13.0. The van der Waals surface area contributed by atoms with E-state index < -0.39 is 12.1 Å². The summed E-state index contributed by atoms with van der Waals surface area (Å²) < 4.78 is 18.4. The number of benzene rings is 2. The van der Waals surface area contributed by atoms with Gasteiger partial charge in [-0.15, -0.1) is 0 Å². The average molecular weight is 408 g/mol. The third kappa shape index (κ3) is 4.82. The van der Waals surface area contributed by atoms with E-state index in [0.717, 1.165) is 22.3 Å². The van der Waals surface area contributed by atoms with Gasteiger partial charge in [0.15, 0.2) is 6.10 Å².